The highest BCUT2D eigenvalue weighted by Gasteiger charge is 2.34. The molecule has 13 heteroatoms. The number of carboxylic acid groups (broad SMARTS) is 1. The van der Waals surface area contributed by atoms with Crippen LogP contribution in [0.1, 0.15) is 46.2 Å². The Morgan fingerprint density at radius 2 is 1.62 bits per heavy atom. The van der Waals surface area contributed by atoms with Crippen molar-refractivity contribution < 1.29 is 29.1 Å². The number of carbonyl (C=O) groups is 5. The number of aromatic amines is 1. The van der Waals surface area contributed by atoms with E-state index in [1.807, 2.05) is 6.92 Å². The van der Waals surface area contributed by atoms with Crippen LogP contribution in [-0.4, -0.2) is 68.8 Å². The summed E-state index contributed by atoms with van der Waals surface area (Å²) in [5, 5.41) is 17.1. The molecule has 0 saturated carbocycles. The fourth-order valence-corrected chi connectivity index (χ4v) is 3.13. The molecule has 0 radical (unpaired) electrons. The number of nitrogens with zero attached hydrogens (tertiary/aromatic N) is 1. The van der Waals surface area contributed by atoms with Crippen LogP contribution in [-0.2, 0) is 30.4 Å². The summed E-state index contributed by atoms with van der Waals surface area (Å²) >= 11 is 0. The summed E-state index contributed by atoms with van der Waals surface area (Å²) in [6.45, 7) is 6.93. The van der Waals surface area contributed by atoms with Crippen LogP contribution in [0.5, 0.6) is 0 Å². The Hall–Kier alpha value is -3.48. The maximum Gasteiger partial charge on any atom is 0.326 e. The Morgan fingerprint density at radius 1 is 1.03 bits per heavy atom. The number of hydrogen-bond acceptors (Lipinski definition) is 7. The van der Waals surface area contributed by atoms with Gasteiger partial charge < -0.3 is 37.5 Å². The molecule has 0 bridgehead atoms. The minimum absolute atomic E-state index is 0.0231. The number of H-pyrrole nitrogens is 1. The SMILES string of the molecule is CCC(C)C(NC(=O)C(NC(=O)C(N)CC(N)=O)C(C)C)C(=O)NC(Cc1cnc[nH]1)C(=O)O. The number of rotatable bonds is 14. The zero-order valence-corrected chi connectivity index (χ0v) is 19.8. The summed E-state index contributed by atoms with van der Waals surface area (Å²) in [5.74, 6) is -4.77. The van der Waals surface area contributed by atoms with Gasteiger partial charge in [-0.15, -0.1) is 0 Å². The van der Waals surface area contributed by atoms with E-state index in [1.165, 1.54) is 12.5 Å². The predicted molar refractivity (Wildman–Crippen MR) is 122 cm³/mol. The fourth-order valence-electron chi connectivity index (χ4n) is 3.13. The molecule has 1 heterocycles. The third kappa shape index (κ3) is 8.81. The van der Waals surface area contributed by atoms with Gasteiger partial charge >= 0.3 is 5.97 Å². The van der Waals surface area contributed by atoms with Crippen LogP contribution in [0.2, 0.25) is 0 Å². The lowest BCUT2D eigenvalue weighted by Gasteiger charge is -2.29. The summed E-state index contributed by atoms with van der Waals surface area (Å²) in [6, 6.07) is -4.58. The first-order valence-corrected chi connectivity index (χ1v) is 11.0. The maximum atomic E-state index is 13.0. The number of hydrogen-bond donors (Lipinski definition) is 7. The van der Waals surface area contributed by atoms with Crippen LogP contribution in [0.25, 0.3) is 0 Å². The average molecular weight is 482 g/mol. The molecule has 0 aliphatic rings. The number of aromatic nitrogens is 2. The Labute approximate surface area is 197 Å². The van der Waals surface area contributed by atoms with Crippen molar-refractivity contribution in [2.45, 2.75) is 71.1 Å². The van der Waals surface area contributed by atoms with Crippen molar-refractivity contribution in [3.63, 3.8) is 0 Å². The summed E-state index contributed by atoms with van der Waals surface area (Å²) in [7, 11) is 0. The van der Waals surface area contributed by atoms with Gasteiger partial charge in [-0.1, -0.05) is 34.1 Å². The highest BCUT2D eigenvalue weighted by molar-refractivity contribution is 5.95. The molecule has 4 amide bonds. The molecule has 0 aromatic carbocycles. The first kappa shape index (κ1) is 28.6. The monoisotopic (exact) mass is 481 g/mol. The number of amides is 4. The quantitative estimate of drug-likeness (QED) is 0.163. The minimum Gasteiger partial charge on any atom is -0.480 e. The second-order valence-corrected chi connectivity index (χ2v) is 8.56. The topological polar surface area (TPSA) is 222 Å². The molecule has 190 valence electrons. The van der Waals surface area contributed by atoms with Gasteiger partial charge in [-0.25, -0.2) is 9.78 Å². The van der Waals surface area contributed by atoms with E-state index in [4.69, 9.17) is 11.5 Å². The van der Waals surface area contributed by atoms with Gasteiger partial charge in [0.15, 0.2) is 0 Å². The molecule has 34 heavy (non-hydrogen) atoms. The van der Waals surface area contributed by atoms with E-state index in [-0.39, 0.29) is 24.7 Å². The summed E-state index contributed by atoms with van der Waals surface area (Å²) in [4.78, 5) is 67.6. The largest absolute Gasteiger partial charge is 0.480 e. The molecule has 1 aromatic rings. The summed E-state index contributed by atoms with van der Waals surface area (Å²) < 4.78 is 0. The third-order valence-corrected chi connectivity index (χ3v) is 5.39. The van der Waals surface area contributed by atoms with Crippen molar-refractivity contribution in [3.8, 4) is 0 Å². The molecule has 1 rings (SSSR count). The molecule has 5 atom stereocenters. The zero-order valence-electron chi connectivity index (χ0n) is 19.8. The number of primary amides is 1. The van der Waals surface area contributed by atoms with Gasteiger partial charge in [-0.05, 0) is 11.8 Å². The van der Waals surface area contributed by atoms with E-state index in [0.29, 0.717) is 12.1 Å². The van der Waals surface area contributed by atoms with Crippen molar-refractivity contribution in [1.82, 2.24) is 25.9 Å². The second-order valence-electron chi connectivity index (χ2n) is 8.56. The molecule has 9 N–H and O–H groups in total. The van der Waals surface area contributed by atoms with E-state index in [0.717, 1.165) is 0 Å². The first-order chi connectivity index (χ1) is 15.9. The van der Waals surface area contributed by atoms with Gasteiger partial charge in [0.1, 0.15) is 18.1 Å². The van der Waals surface area contributed by atoms with Crippen molar-refractivity contribution in [2.75, 3.05) is 0 Å². The highest BCUT2D eigenvalue weighted by atomic mass is 16.4. The van der Waals surface area contributed by atoms with Crippen LogP contribution < -0.4 is 27.4 Å². The number of aliphatic carboxylic acids is 1. The lowest BCUT2D eigenvalue weighted by atomic mass is 9.96. The van der Waals surface area contributed by atoms with Crippen molar-refractivity contribution in [2.24, 2.45) is 23.3 Å². The van der Waals surface area contributed by atoms with Gasteiger partial charge in [-0.3, -0.25) is 19.2 Å². The smallest absolute Gasteiger partial charge is 0.326 e. The lowest BCUT2D eigenvalue weighted by Crippen LogP contribution is -2.60. The molecule has 0 aliphatic heterocycles. The Kier molecular flexibility index (Phi) is 11.2. The highest BCUT2D eigenvalue weighted by Crippen LogP contribution is 2.11. The van der Waals surface area contributed by atoms with Crippen LogP contribution in [0, 0.1) is 11.8 Å². The molecule has 0 spiro atoms. The number of nitrogens with one attached hydrogen (secondary N) is 4. The van der Waals surface area contributed by atoms with Crippen molar-refractivity contribution >= 4 is 29.6 Å². The molecule has 13 nitrogen and oxygen atoms in total. The van der Waals surface area contributed by atoms with Gasteiger partial charge in [0, 0.05) is 18.3 Å². The second kappa shape index (κ2) is 13.3. The van der Waals surface area contributed by atoms with Crippen LogP contribution in [0.15, 0.2) is 12.5 Å². The van der Waals surface area contributed by atoms with E-state index in [1.54, 1.807) is 20.8 Å². The average Bonchev–Trinajstić information content (AvgIpc) is 3.26. The molecular weight excluding hydrogens is 446 g/mol. The van der Waals surface area contributed by atoms with E-state index in [2.05, 4.69) is 25.9 Å². The predicted octanol–water partition coefficient (Wildman–Crippen LogP) is -1.60. The molecular formula is C21H35N7O6. The Bertz CT molecular complexity index is 858. The number of carboxylic acids is 1. The van der Waals surface area contributed by atoms with E-state index >= 15 is 0 Å². The van der Waals surface area contributed by atoms with Crippen molar-refractivity contribution in [3.05, 3.63) is 18.2 Å². The Morgan fingerprint density at radius 3 is 2.09 bits per heavy atom. The third-order valence-electron chi connectivity index (χ3n) is 5.39. The number of carbonyl (C=O) groups excluding carboxylic acids is 4. The summed E-state index contributed by atoms with van der Waals surface area (Å²) in [5.41, 5.74) is 11.2. The molecule has 1 aromatic heterocycles. The van der Waals surface area contributed by atoms with E-state index < -0.39 is 53.8 Å². The number of imidazole rings is 1. The maximum absolute atomic E-state index is 13.0. The van der Waals surface area contributed by atoms with Crippen LogP contribution in [0.4, 0.5) is 0 Å². The van der Waals surface area contributed by atoms with Gasteiger partial charge in [0.25, 0.3) is 0 Å². The first-order valence-electron chi connectivity index (χ1n) is 11.0. The van der Waals surface area contributed by atoms with Crippen LogP contribution >= 0.6 is 0 Å². The summed E-state index contributed by atoms with van der Waals surface area (Å²) in [6.07, 6.45) is 2.95. The Balaban J connectivity index is 2.97. The normalized spacial score (nSPS) is 15.5. The van der Waals surface area contributed by atoms with Gasteiger partial charge in [0.05, 0.1) is 18.8 Å². The standard InChI is InChI=1S/C21H35N7O6/c1-5-11(4)17(20(32)26-14(21(33)34)6-12-8-24-9-25-12)28-19(31)16(10(2)3)27-18(30)13(22)7-15(23)29/h8-11,13-14,16-17H,5-7,22H2,1-4H3,(H2,23,29)(H,24,25)(H,26,32)(H,27,30)(H,28,31)(H,33,34). The zero-order chi connectivity index (χ0) is 26.0. The number of nitrogens with two attached hydrogens (primary N) is 2. The minimum atomic E-state index is -1.25. The molecule has 0 saturated heterocycles. The van der Waals surface area contributed by atoms with Crippen molar-refractivity contribution in [1.29, 1.82) is 0 Å². The molecule has 5 unspecified atom stereocenters. The van der Waals surface area contributed by atoms with Gasteiger partial charge in [-0.2, -0.15) is 0 Å². The molecule has 0 aliphatic carbocycles. The van der Waals surface area contributed by atoms with Gasteiger partial charge in [0.2, 0.25) is 23.6 Å². The lowest BCUT2D eigenvalue weighted by molar-refractivity contribution is -0.142. The van der Waals surface area contributed by atoms with E-state index in [9.17, 15) is 29.1 Å². The fraction of sp³-hybridized carbons (Fsp3) is 0.619. The molecule has 0 fully saturated rings. The van der Waals surface area contributed by atoms with Crippen LogP contribution in [0.3, 0.4) is 0 Å².